The van der Waals surface area contributed by atoms with E-state index in [4.69, 9.17) is 0 Å². The predicted molar refractivity (Wildman–Crippen MR) is 129 cm³/mol. The molecule has 0 aliphatic rings. The van der Waals surface area contributed by atoms with Gasteiger partial charge in [0, 0.05) is 6.20 Å². The Morgan fingerprint density at radius 3 is 2.45 bits per heavy atom. The van der Waals surface area contributed by atoms with Gasteiger partial charge in [-0.05, 0) is 54.8 Å². The third-order valence-corrected chi connectivity index (χ3v) is 5.61. The number of hydrogen-bond donors (Lipinski definition) is 1. The van der Waals surface area contributed by atoms with Crippen molar-refractivity contribution in [2.45, 2.75) is 39.8 Å². The van der Waals surface area contributed by atoms with Crippen LogP contribution in [0.4, 0.5) is 0 Å². The van der Waals surface area contributed by atoms with Gasteiger partial charge in [0.1, 0.15) is 6.54 Å². The lowest BCUT2D eigenvalue weighted by atomic mass is 10.0. The molecule has 1 amide bonds. The predicted octanol–water partition coefficient (Wildman–Crippen LogP) is 3.30. The minimum absolute atomic E-state index is 0.213. The van der Waals surface area contributed by atoms with Crippen LogP contribution in [0.5, 0.6) is 0 Å². The molecule has 2 aromatic carbocycles. The van der Waals surface area contributed by atoms with Crippen molar-refractivity contribution >= 4 is 16.8 Å². The van der Waals surface area contributed by atoms with Gasteiger partial charge < -0.3 is 5.32 Å². The Bertz CT molecular complexity index is 1420. The van der Waals surface area contributed by atoms with Crippen molar-refractivity contribution in [2.24, 2.45) is 0 Å². The van der Waals surface area contributed by atoms with Crippen LogP contribution in [-0.2, 0) is 17.9 Å². The van der Waals surface area contributed by atoms with Crippen molar-refractivity contribution in [3.05, 3.63) is 105 Å². The highest BCUT2D eigenvalue weighted by Crippen LogP contribution is 2.17. The number of pyridine rings is 1. The molecule has 7 heteroatoms. The molecule has 2 heterocycles. The first-order valence-electron chi connectivity index (χ1n) is 10.9. The SMILES string of the molecule is Cc1ccc2c(c1)c(=O)n(-c1ccc(C(C)C)cc1)c(=O)n2CC(=O)NCc1ccccn1. The van der Waals surface area contributed by atoms with Gasteiger partial charge in [-0.2, -0.15) is 0 Å². The van der Waals surface area contributed by atoms with Crippen LogP contribution in [0.2, 0.25) is 0 Å². The van der Waals surface area contributed by atoms with Crippen LogP contribution < -0.4 is 16.6 Å². The van der Waals surface area contributed by atoms with E-state index in [-0.39, 0.29) is 19.0 Å². The number of nitrogens with one attached hydrogen (secondary N) is 1. The van der Waals surface area contributed by atoms with E-state index in [1.54, 1.807) is 36.5 Å². The summed E-state index contributed by atoms with van der Waals surface area (Å²) < 4.78 is 2.48. The molecular weight excluding hydrogens is 416 g/mol. The Balaban J connectivity index is 1.77. The van der Waals surface area contributed by atoms with Crippen LogP contribution in [0.25, 0.3) is 16.6 Å². The zero-order chi connectivity index (χ0) is 23.5. The van der Waals surface area contributed by atoms with Gasteiger partial charge in [-0.3, -0.25) is 19.1 Å². The number of hydrogen-bond acceptors (Lipinski definition) is 4. The van der Waals surface area contributed by atoms with Crippen molar-refractivity contribution in [3.63, 3.8) is 0 Å². The molecule has 4 aromatic rings. The second kappa shape index (κ2) is 9.24. The highest BCUT2D eigenvalue weighted by Gasteiger charge is 2.17. The average molecular weight is 443 g/mol. The van der Waals surface area contributed by atoms with E-state index in [0.717, 1.165) is 15.7 Å². The molecule has 0 saturated carbocycles. The summed E-state index contributed by atoms with van der Waals surface area (Å²) in [5.74, 6) is -0.0144. The average Bonchev–Trinajstić information content (AvgIpc) is 2.81. The minimum Gasteiger partial charge on any atom is -0.349 e. The molecule has 0 spiro atoms. The molecule has 0 unspecified atom stereocenters. The van der Waals surface area contributed by atoms with Crippen LogP contribution in [0.15, 0.2) is 76.4 Å². The fourth-order valence-corrected chi connectivity index (χ4v) is 3.77. The Morgan fingerprint density at radius 1 is 1.03 bits per heavy atom. The molecule has 0 bridgehead atoms. The van der Waals surface area contributed by atoms with Gasteiger partial charge in [0.25, 0.3) is 5.56 Å². The Labute approximate surface area is 191 Å². The van der Waals surface area contributed by atoms with E-state index in [2.05, 4.69) is 24.1 Å². The number of carbonyl (C=O) groups excluding carboxylic acids is 1. The van der Waals surface area contributed by atoms with Crippen LogP contribution in [0.3, 0.4) is 0 Å². The van der Waals surface area contributed by atoms with Gasteiger partial charge in [-0.25, -0.2) is 9.36 Å². The summed E-state index contributed by atoms with van der Waals surface area (Å²) in [5, 5.41) is 3.18. The molecule has 0 aliphatic carbocycles. The first-order valence-corrected chi connectivity index (χ1v) is 10.9. The second-order valence-electron chi connectivity index (χ2n) is 8.37. The summed E-state index contributed by atoms with van der Waals surface area (Å²) in [4.78, 5) is 43.7. The van der Waals surface area contributed by atoms with Gasteiger partial charge in [-0.1, -0.05) is 43.7 Å². The summed E-state index contributed by atoms with van der Waals surface area (Å²) in [5.41, 5.74) is 2.67. The summed E-state index contributed by atoms with van der Waals surface area (Å²) in [7, 11) is 0. The zero-order valence-electron chi connectivity index (χ0n) is 18.9. The minimum atomic E-state index is -0.554. The van der Waals surface area contributed by atoms with E-state index in [1.165, 1.54) is 4.57 Å². The maximum absolute atomic E-state index is 13.5. The fraction of sp³-hybridized carbons (Fsp3) is 0.231. The summed E-state index contributed by atoms with van der Waals surface area (Å²) in [6.07, 6.45) is 1.66. The number of benzene rings is 2. The second-order valence-corrected chi connectivity index (χ2v) is 8.37. The zero-order valence-corrected chi connectivity index (χ0v) is 18.9. The lowest BCUT2D eigenvalue weighted by Gasteiger charge is -2.15. The van der Waals surface area contributed by atoms with Crippen molar-refractivity contribution in [2.75, 3.05) is 0 Å². The molecule has 0 aliphatic heterocycles. The summed E-state index contributed by atoms with van der Waals surface area (Å²) in [6.45, 7) is 6.08. The quantitative estimate of drug-likeness (QED) is 0.497. The van der Waals surface area contributed by atoms with Crippen molar-refractivity contribution < 1.29 is 4.79 Å². The van der Waals surface area contributed by atoms with Gasteiger partial charge in [0.2, 0.25) is 5.91 Å². The molecule has 7 nitrogen and oxygen atoms in total. The smallest absolute Gasteiger partial charge is 0.336 e. The number of amides is 1. The number of nitrogens with zero attached hydrogens (tertiary/aromatic N) is 3. The lowest BCUT2D eigenvalue weighted by Crippen LogP contribution is -2.41. The Kier molecular flexibility index (Phi) is 6.22. The van der Waals surface area contributed by atoms with Gasteiger partial charge in [0.15, 0.2) is 0 Å². The monoisotopic (exact) mass is 442 g/mol. The third kappa shape index (κ3) is 4.62. The van der Waals surface area contributed by atoms with E-state index < -0.39 is 11.2 Å². The van der Waals surface area contributed by atoms with Crippen LogP contribution in [0.1, 0.15) is 36.6 Å². The van der Waals surface area contributed by atoms with Crippen molar-refractivity contribution in [3.8, 4) is 5.69 Å². The standard InChI is InChI=1S/C26H26N4O3/c1-17(2)19-8-10-21(11-9-19)30-25(32)22-14-18(3)7-12-23(22)29(26(30)33)16-24(31)28-15-20-6-4-5-13-27-20/h4-14,17H,15-16H2,1-3H3,(H,28,31). The van der Waals surface area contributed by atoms with E-state index in [0.29, 0.717) is 28.2 Å². The van der Waals surface area contributed by atoms with Gasteiger partial charge in [0.05, 0.1) is 28.8 Å². The molecule has 33 heavy (non-hydrogen) atoms. The summed E-state index contributed by atoms with van der Waals surface area (Å²) in [6, 6.07) is 18.1. The molecule has 0 saturated heterocycles. The lowest BCUT2D eigenvalue weighted by molar-refractivity contribution is -0.121. The molecule has 0 radical (unpaired) electrons. The Morgan fingerprint density at radius 2 is 1.79 bits per heavy atom. The fourth-order valence-electron chi connectivity index (χ4n) is 3.77. The molecule has 0 fully saturated rings. The normalized spacial score (nSPS) is 11.2. The first-order chi connectivity index (χ1) is 15.8. The highest BCUT2D eigenvalue weighted by atomic mass is 16.2. The maximum atomic E-state index is 13.5. The van der Waals surface area contributed by atoms with Crippen LogP contribution >= 0.6 is 0 Å². The number of fused-ring (bicyclic) bond motifs is 1. The number of carbonyl (C=O) groups is 1. The van der Waals surface area contributed by atoms with Crippen molar-refractivity contribution in [1.82, 2.24) is 19.4 Å². The third-order valence-electron chi connectivity index (χ3n) is 5.61. The number of rotatable bonds is 6. The maximum Gasteiger partial charge on any atom is 0.336 e. The van der Waals surface area contributed by atoms with Crippen molar-refractivity contribution in [1.29, 1.82) is 0 Å². The molecular formula is C26H26N4O3. The van der Waals surface area contributed by atoms with Crippen LogP contribution in [0, 0.1) is 6.92 Å². The van der Waals surface area contributed by atoms with Gasteiger partial charge >= 0.3 is 5.69 Å². The van der Waals surface area contributed by atoms with E-state index >= 15 is 0 Å². The number of aryl methyl sites for hydroxylation is 1. The topological polar surface area (TPSA) is 86.0 Å². The largest absolute Gasteiger partial charge is 0.349 e. The van der Waals surface area contributed by atoms with Gasteiger partial charge in [-0.15, -0.1) is 0 Å². The van der Waals surface area contributed by atoms with E-state index in [1.807, 2.05) is 37.3 Å². The molecule has 4 rings (SSSR count). The van der Waals surface area contributed by atoms with E-state index in [9.17, 15) is 14.4 Å². The molecule has 2 aromatic heterocycles. The van der Waals surface area contributed by atoms with Crippen LogP contribution in [-0.4, -0.2) is 20.0 Å². The first kappa shape index (κ1) is 22.2. The molecule has 0 atom stereocenters. The number of aromatic nitrogens is 3. The highest BCUT2D eigenvalue weighted by molar-refractivity contribution is 5.82. The Hall–Kier alpha value is -4.00. The molecule has 1 N–H and O–H groups in total. The molecule has 168 valence electrons. The summed E-state index contributed by atoms with van der Waals surface area (Å²) >= 11 is 0.